The van der Waals surface area contributed by atoms with Crippen molar-refractivity contribution in [1.29, 1.82) is 5.26 Å². The molecule has 0 saturated heterocycles. The molecule has 5 heteroatoms. The normalized spacial score (nSPS) is 14.9. The Labute approximate surface area is 89.3 Å². The number of halogens is 1. The molecule has 0 aromatic heterocycles. The van der Waals surface area contributed by atoms with Crippen LogP contribution in [0.2, 0.25) is 0 Å². The van der Waals surface area contributed by atoms with Crippen molar-refractivity contribution in [1.82, 2.24) is 0 Å². The Morgan fingerprint density at radius 3 is 2.71 bits per heavy atom. The summed E-state index contributed by atoms with van der Waals surface area (Å²) in [6.07, 6.45) is 0. The minimum atomic E-state index is -0.654. The summed E-state index contributed by atoms with van der Waals surface area (Å²) in [5.74, 6) is 1.31. The Balaban J connectivity index is 2.48. The highest BCUT2D eigenvalue weighted by atomic mass is 79.9. The third-order valence-corrected chi connectivity index (χ3v) is 2.65. The molecule has 0 aliphatic carbocycles. The van der Waals surface area contributed by atoms with Crippen molar-refractivity contribution in [3.05, 3.63) is 22.2 Å². The third-order valence-electron chi connectivity index (χ3n) is 1.97. The largest absolute Gasteiger partial charge is 0.454 e. The van der Waals surface area contributed by atoms with Crippen LogP contribution in [0.3, 0.4) is 0 Å². The smallest absolute Gasteiger partial charge is 0.231 e. The number of fused-ring (bicyclic) bond motifs is 1. The number of nitrogens with zero attached hydrogens (tertiary/aromatic N) is 1. The maximum Gasteiger partial charge on any atom is 0.231 e. The van der Waals surface area contributed by atoms with Gasteiger partial charge in [0.1, 0.15) is 6.04 Å². The van der Waals surface area contributed by atoms with E-state index < -0.39 is 6.04 Å². The average Bonchev–Trinajstić information content (AvgIpc) is 2.62. The number of hydrogen-bond donors (Lipinski definition) is 1. The van der Waals surface area contributed by atoms with Gasteiger partial charge in [-0.05, 0) is 12.1 Å². The van der Waals surface area contributed by atoms with E-state index in [2.05, 4.69) is 15.9 Å². The molecule has 1 aliphatic rings. The van der Waals surface area contributed by atoms with Crippen molar-refractivity contribution in [2.75, 3.05) is 6.79 Å². The Morgan fingerprint density at radius 2 is 2.07 bits per heavy atom. The molecule has 1 aromatic carbocycles. The van der Waals surface area contributed by atoms with Gasteiger partial charge in [0.2, 0.25) is 6.79 Å². The summed E-state index contributed by atoms with van der Waals surface area (Å²) in [4.78, 5) is 0. The van der Waals surface area contributed by atoms with Crippen molar-refractivity contribution in [3.8, 4) is 17.6 Å². The van der Waals surface area contributed by atoms with Crippen LogP contribution in [0.1, 0.15) is 11.6 Å². The second-order valence-corrected chi connectivity index (χ2v) is 3.69. The molecule has 1 heterocycles. The first-order chi connectivity index (χ1) is 6.72. The second-order valence-electron chi connectivity index (χ2n) is 2.83. The monoisotopic (exact) mass is 254 g/mol. The second kappa shape index (κ2) is 3.48. The number of rotatable bonds is 1. The highest BCUT2D eigenvalue weighted by Crippen LogP contribution is 2.38. The highest BCUT2D eigenvalue weighted by molar-refractivity contribution is 9.10. The fourth-order valence-electron chi connectivity index (χ4n) is 1.24. The molecule has 0 unspecified atom stereocenters. The van der Waals surface area contributed by atoms with Gasteiger partial charge in [0.25, 0.3) is 0 Å². The summed E-state index contributed by atoms with van der Waals surface area (Å²) in [6, 6.07) is 4.79. The quantitative estimate of drug-likeness (QED) is 0.829. The molecular formula is C9H7BrN2O2. The minimum absolute atomic E-state index is 0.215. The van der Waals surface area contributed by atoms with Gasteiger partial charge in [-0.3, -0.25) is 0 Å². The minimum Gasteiger partial charge on any atom is -0.454 e. The van der Waals surface area contributed by atoms with E-state index in [1.165, 1.54) is 0 Å². The van der Waals surface area contributed by atoms with Crippen LogP contribution >= 0.6 is 15.9 Å². The molecule has 4 nitrogen and oxygen atoms in total. The van der Waals surface area contributed by atoms with Gasteiger partial charge in [-0.1, -0.05) is 15.9 Å². The van der Waals surface area contributed by atoms with Gasteiger partial charge >= 0.3 is 0 Å². The summed E-state index contributed by atoms with van der Waals surface area (Å²) >= 11 is 3.32. The van der Waals surface area contributed by atoms with Crippen molar-refractivity contribution in [2.24, 2.45) is 5.73 Å². The average molecular weight is 255 g/mol. The van der Waals surface area contributed by atoms with Gasteiger partial charge in [-0.15, -0.1) is 0 Å². The SMILES string of the molecule is N#C[C@@H](N)c1cc2c(cc1Br)OCO2. The van der Waals surface area contributed by atoms with Gasteiger partial charge in [-0.25, -0.2) is 0 Å². The molecule has 0 amide bonds. The van der Waals surface area contributed by atoms with Gasteiger partial charge in [0, 0.05) is 10.0 Å². The molecule has 0 fully saturated rings. The highest BCUT2D eigenvalue weighted by Gasteiger charge is 2.18. The summed E-state index contributed by atoms with van der Waals surface area (Å²) in [5, 5.41) is 8.69. The van der Waals surface area contributed by atoms with Crippen LogP contribution in [-0.4, -0.2) is 6.79 Å². The summed E-state index contributed by atoms with van der Waals surface area (Å²) < 4.78 is 11.1. The van der Waals surface area contributed by atoms with Crippen molar-refractivity contribution in [2.45, 2.75) is 6.04 Å². The molecule has 0 bridgehead atoms. The Bertz CT molecular complexity index is 414. The Morgan fingerprint density at radius 1 is 1.43 bits per heavy atom. The Kier molecular flexibility index (Phi) is 2.32. The van der Waals surface area contributed by atoms with E-state index >= 15 is 0 Å². The number of nitrogens with two attached hydrogens (primary N) is 1. The lowest BCUT2D eigenvalue weighted by molar-refractivity contribution is 0.174. The molecular weight excluding hydrogens is 248 g/mol. The predicted molar refractivity (Wildman–Crippen MR) is 52.8 cm³/mol. The third kappa shape index (κ3) is 1.43. The molecule has 0 spiro atoms. The molecule has 1 atom stereocenters. The summed E-state index contributed by atoms with van der Waals surface area (Å²) in [6.45, 7) is 0.215. The zero-order valence-corrected chi connectivity index (χ0v) is 8.74. The first-order valence-corrected chi connectivity index (χ1v) is 4.76. The zero-order valence-electron chi connectivity index (χ0n) is 7.16. The van der Waals surface area contributed by atoms with Crippen molar-refractivity contribution in [3.63, 3.8) is 0 Å². The fraction of sp³-hybridized carbons (Fsp3) is 0.222. The topological polar surface area (TPSA) is 68.3 Å². The molecule has 72 valence electrons. The first-order valence-electron chi connectivity index (χ1n) is 3.96. The van der Waals surface area contributed by atoms with Crippen LogP contribution < -0.4 is 15.2 Å². The number of ether oxygens (including phenoxy) is 2. The number of benzene rings is 1. The van der Waals surface area contributed by atoms with Gasteiger partial charge in [0.15, 0.2) is 11.5 Å². The van der Waals surface area contributed by atoms with E-state index in [1.54, 1.807) is 12.1 Å². The molecule has 0 radical (unpaired) electrons. The van der Waals surface area contributed by atoms with Crippen molar-refractivity contribution < 1.29 is 9.47 Å². The zero-order chi connectivity index (χ0) is 10.1. The van der Waals surface area contributed by atoms with Crippen LogP contribution in [0.4, 0.5) is 0 Å². The van der Waals surface area contributed by atoms with Gasteiger partial charge in [0.05, 0.1) is 6.07 Å². The van der Waals surface area contributed by atoms with Crippen LogP contribution in [0.15, 0.2) is 16.6 Å². The van der Waals surface area contributed by atoms with Crippen LogP contribution in [0.5, 0.6) is 11.5 Å². The van der Waals surface area contributed by atoms with E-state index in [4.69, 9.17) is 20.5 Å². The van der Waals surface area contributed by atoms with Gasteiger partial charge in [-0.2, -0.15) is 5.26 Å². The molecule has 1 aromatic rings. The molecule has 14 heavy (non-hydrogen) atoms. The predicted octanol–water partition coefficient (Wildman–Crippen LogP) is 1.70. The molecule has 2 N–H and O–H groups in total. The summed E-state index contributed by atoms with van der Waals surface area (Å²) in [5.41, 5.74) is 6.31. The van der Waals surface area contributed by atoms with E-state index in [1.807, 2.05) is 6.07 Å². The summed E-state index contributed by atoms with van der Waals surface area (Å²) in [7, 11) is 0. The maximum atomic E-state index is 8.69. The van der Waals surface area contributed by atoms with E-state index in [0.29, 0.717) is 17.1 Å². The van der Waals surface area contributed by atoms with E-state index in [-0.39, 0.29) is 6.79 Å². The van der Waals surface area contributed by atoms with E-state index in [0.717, 1.165) is 4.47 Å². The fourth-order valence-corrected chi connectivity index (χ4v) is 1.81. The van der Waals surface area contributed by atoms with Crippen LogP contribution in [-0.2, 0) is 0 Å². The molecule has 0 saturated carbocycles. The lowest BCUT2D eigenvalue weighted by atomic mass is 10.1. The van der Waals surface area contributed by atoms with Gasteiger partial charge < -0.3 is 15.2 Å². The lowest BCUT2D eigenvalue weighted by Gasteiger charge is -2.07. The first kappa shape index (κ1) is 9.31. The molecule has 1 aliphatic heterocycles. The lowest BCUT2D eigenvalue weighted by Crippen LogP contribution is -2.07. The van der Waals surface area contributed by atoms with Crippen molar-refractivity contribution >= 4 is 15.9 Å². The van der Waals surface area contributed by atoms with Crippen LogP contribution in [0.25, 0.3) is 0 Å². The number of hydrogen-bond acceptors (Lipinski definition) is 4. The van der Waals surface area contributed by atoms with Crippen LogP contribution in [0, 0.1) is 11.3 Å². The molecule has 2 rings (SSSR count). The number of nitriles is 1. The van der Waals surface area contributed by atoms with E-state index in [9.17, 15) is 0 Å². The standard InChI is InChI=1S/C9H7BrN2O2/c10-6-2-9-8(13-4-14-9)1-5(6)7(12)3-11/h1-2,7H,4,12H2/t7-/m1/s1. The maximum absolute atomic E-state index is 8.69. The Hall–Kier alpha value is -1.25.